The van der Waals surface area contributed by atoms with Crippen LogP contribution in [0.5, 0.6) is 0 Å². The van der Waals surface area contributed by atoms with E-state index in [9.17, 15) is 18.0 Å². The number of piperazine rings is 1. The highest BCUT2D eigenvalue weighted by Crippen LogP contribution is 2.26. The lowest BCUT2D eigenvalue weighted by molar-refractivity contribution is -0.153. The number of hydrogen-bond acceptors (Lipinski definition) is 4. The maximum atomic E-state index is 12.7. The van der Waals surface area contributed by atoms with Crippen molar-refractivity contribution in [1.82, 2.24) is 20.7 Å². The molecule has 9 heteroatoms. The number of alkyl halides is 3. The molecule has 2 N–H and O–H groups in total. The number of hydrogen-bond donors (Lipinski definition) is 2. The summed E-state index contributed by atoms with van der Waals surface area (Å²) in [5, 5.41) is 0.709. The van der Waals surface area contributed by atoms with Crippen LogP contribution in [-0.2, 0) is 11.3 Å². The molecule has 2 unspecified atom stereocenters. The molecule has 2 aliphatic rings. The summed E-state index contributed by atoms with van der Waals surface area (Å²) >= 11 is 6.16. The van der Waals surface area contributed by atoms with Gasteiger partial charge in [0.05, 0.1) is 0 Å². The van der Waals surface area contributed by atoms with Gasteiger partial charge in [-0.25, -0.2) is 10.9 Å². The fraction of sp³-hybridized carbons (Fsp3) is 0.562. The minimum Gasteiger partial charge on any atom is -0.339 e. The van der Waals surface area contributed by atoms with Gasteiger partial charge in [0, 0.05) is 37.7 Å². The number of nitrogens with one attached hydrogen (secondary N) is 2. The van der Waals surface area contributed by atoms with E-state index >= 15 is 0 Å². The van der Waals surface area contributed by atoms with Crippen LogP contribution in [0.4, 0.5) is 13.2 Å². The highest BCUT2D eigenvalue weighted by atomic mass is 35.5. The number of benzene rings is 1. The van der Waals surface area contributed by atoms with Crippen LogP contribution >= 0.6 is 11.6 Å². The standard InChI is InChI=1S/C16H20ClF3N4O/c17-12-4-2-1-3-11(12)10-23-5-7-24(8-6-23)15(25)13-9-14(22-21-13)16(18,19)20/h1-4,13-14,21-22H,5-10H2. The smallest absolute Gasteiger partial charge is 0.339 e. The molecular weight excluding hydrogens is 357 g/mol. The van der Waals surface area contributed by atoms with E-state index in [0.29, 0.717) is 37.7 Å². The molecule has 1 aromatic carbocycles. The maximum absolute atomic E-state index is 12.7. The number of carbonyl (C=O) groups is 1. The SMILES string of the molecule is O=C(C1CC(C(F)(F)F)NN1)N1CCN(Cc2ccccc2Cl)CC1. The molecule has 138 valence electrons. The van der Waals surface area contributed by atoms with E-state index in [1.165, 1.54) is 0 Å². The number of carbonyl (C=O) groups excluding carboxylic acids is 1. The second-order valence-corrected chi connectivity index (χ2v) is 6.77. The lowest BCUT2D eigenvalue weighted by atomic mass is 10.1. The topological polar surface area (TPSA) is 47.6 Å². The van der Waals surface area contributed by atoms with E-state index < -0.39 is 18.3 Å². The first-order chi connectivity index (χ1) is 11.8. The van der Waals surface area contributed by atoms with E-state index in [0.717, 1.165) is 5.56 Å². The summed E-state index contributed by atoms with van der Waals surface area (Å²) in [4.78, 5) is 16.2. The molecule has 25 heavy (non-hydrogen) atoms. The molecule has 0 aromatic heterocycles. The monoisotopic (exact) mass is 376 g/mol. The van der Waals surface area contributed by atoms with Crippen molar-refractivity contribution in [2.24, 2.45) is 0 Å². The normalized spacial score (nSPS) is 25.4. The summed E-state index contributed by atoms with van der Waals surface area (Å²) in [6.07, 6.45) is -4.63. The van der Waals surface area contributed by atoms with Gasteiger partial charge in [-0.05, 0) is 18.1 Å². The summed E-state index contributed by atoms with van der Waals surface area (Å²) in [6, 6.07) is 5.10. The van der Waals surface area contributed by atoms with Crippen molar-refractivity contribution < 1.29 is 18.0 Å². The molecule has 0 spiro atoms. The van der Waals surface area contributed by atoms with Gasteiger partial charge >= 0.3 is 6.18 Å². The van der Waals surface area contributed by atoms with E-state index in [4.69, 9.17) is 11.6 Å². The van der Waals surface area contributed by atoms with E-state index in [1.807, 2.05) is 24.3 Å². The van der Waals surface area contributed by atoms with Gasteiger partial charge in [0.25, 0.3) is 0 Å². The van der Waals surface area contributed by atoms with Gasteiger partial charge in [0.2, 0.25) is 5.91 Å². The first-order valence-electron chi connectivity index (χ1n) is 8.17. The van der Waals surface area contributed by atoms with Crippen LogP contribution in [0.2, 0.25) is 5.02 Å². The van der Waals surface area contributed by atoms with Gasteiger partial charge in [-0.1, -0.05) is 29.8 Å². The summed E-state index contributed by atoms with van der Waals surface area (Å²) in [7, 11) is 0. The van der Waals surface area contributed by atoms with Crippen molar-refractivity contribution >= 4 is 17.5 Å². The molecule has 0 aliphatic carbocycles. The van der Waals surface area contributed by atoms with Gasteiger partial charge in [0.1, 0.15) is 12.1 Å². The van der Waals surface area contributed by atoms with E-state index in [1.54, 1.807) is 4.90 Å². The van der Waals surface area contributed by atoms with Crippen LogP contribution in [0.1, 0.15) is 12.0 Å². The molecule has 3 rings (SSSR count). The number of rotatable bonds is 3. The molecule has 2 atom stereocenters. The third kappa shape index (κ3) is 4.44. The van der Waals surface area contributed by atoms with Crippen molar-refractivity contribution in [2.45, 2.75) is 31.2 Å². The lowest BCUT2D eigenvalue weighted by Gasteiger charge is -2.36. The first-order valence-corrected chi connectivity index (χ1v) is 8.54. The van der Waals surface area contributed by atoms with E-state index in [-0.39, 0.29) is 12.3 Å². The molecule has 0 saturated carbocycles. The number of amides is 1. The Morgan fingerprint density at radius 1 is 1.16 bits per heavy atom. The Kier molecular flexibility index (Phi) is 5.52. The van der Waals surface area contributed by atoms with Crippen LogP contribution in [0.25, 0.3) is 0 Å². The largest absolute Gasteiger partial charge is 0.405 e. The van der Waals surface area contributed by atoms with Crippen molar-refractivity contribution in [1.29, 1.82) is 0 Å². The molecular formula is C16H20ClF3N4O. The van der Waals surface area contributed by atoms with Gasteiger partial charge in [-0.15, -0.1) is 0 Å². The molecule has 5 nitrogen and oxygen atoms in total. The Hall–Kier alpha value is -1.35. The molecule has 2 aliphatic heterocycles. The first kappa shape index (κ1) is 18.4. The molecule has 2 saturated heterocycles. The Labute approximate surface area is 149 Å². The number of hydrazine groups is 1. The third-order valence-corrected chi connectivity index (χ3v) is 5.00. The zero-order valence-electron chi connectivity index (χ0n) is 13.5. The lowest BCUT2D eigenvalue weighted by Crippen LogP contribution is -2.53. The van der Waals surface area contributed by atoms with Crippen LogP contribution in [0.3, 0.4) is 0 Å². The quantitative estimate of drug-likeness (QED) is 0.844. The van der Waals surface area contributed by atoms with Crippen molar-refractivity contribution in [3.8, 4) is 0 Å². The Morgan fingerprint density at radius 2 is 1.84 bits per heavy atom. The van der Waals surface area contributed by atoms with Gasteiger partial charge in [0.15, 0.2) is 0 Å². The maximum Gasteiger partial charge on any atom is 0.405 e. The highest BCUT2D eigenvalue weighted by molar-refractivity contribution is 6.31. The van der Waals surface area contributed by atoms with Crippen LogP contribution in [-0.4, -0.2) is 60.1 Å². The highest BCUT2D eigenvalue weighted by Gasteiger charge is 2.46. The minimum atomic E-state index is -4.35. The zero-order chi connectivity index (χ0) is 18.0. The Bertz CT molecular complexity index is 620. The number of halogens is 4. The summed E-state index contributed by atoms with van der Waals surface area (Å²) in [6.45, 7) is 3.02. The predicted octanol–water partition coefficient (Wildman–Crippen LogP) is 1.78. The summed E-state index contributed by atoms with van der Waals surface area (Å²) in [5.74, 6) is -0.281. The van der Waals surface area contributed by atoms with Gasteiger partial charge in [-0.2, -0.15) is 13.2 Å². The Morgan fingerprint density at radius 3 is 2.44 bits per heavy atom. The molecule has 1 amide bonds. The molecule has 1 aromatic rings. The zero-order valence-corrected chi connectivity index (χ0v) is 14.3. The predicted molar refractivity (Wildman–Crippen MR) is 87.8 cm³/mol. The summed E-state index contributed by atoms with van der Waals surface area (Å²) < 4.78 is 38.1. The minimum absolute atomic E-state index is 0.276. The molecule has 0 bridgehead atoms. The molecule has 0 radical (unpaired) electrons. The van der Waals surface area contributed by atoms with Crippen LogP contribution in [0, 0.1) is 0 Å². The van der Waals surface area contributed by atoms with Crippen molar-refractivity contribution in [3.05, 3.63) is 34.9 Å². The Balaban J connectivity index is 1.49. The van der Waals surface area contributed by atoms with Crippen LogP contribution < -0.4 is 10.9 Å². The van der Waals surface area contributed by atoms with Gasteiger partial charge in [-0.3, -0.25) is 9.69 Å². The van der Waals surface area contributed by atoms with E-state index in [2.05, 4.69) is 15.8 Å². The average molecular weight is 377 g/mol. The van der Waals surface area contributed by atoms with Crippen LogP contribution in [0.15, 0.2) is 24.3 Å². The molecule has 2 heterocycles. The third-order valence-electron chi connectivity index (χ3n) is 4.63. The average Bonchev–Trinajstić information content (AvgIpc) is 3.07. The second-order valence-electron chi connectivity index (χ2n) is 6.36. The molecule has 2 fully saturated rings. The second kappa shape index (κ2) is 7.49. The number of nitrogens with zero attached hydrogens (tertiary/aromatic N) is 2. The fourth-order valence-corrected chi connectivity index (χ4v) is 3.34. The van der Waals surface area contributed by atoms with Crippen molar-refractivity contribution in [2.75, 3.05) is 26.2 Å². The summed E-state index contributed by atoms with van der Waals surface area (Å²) in [5.41, 5.74) is 5.67. The van der Waals surface area contributed by atoms with Crippen molar-refractivity contribution in [3.63, 3.8) is 0 Å². The van der Waals surface area contributed by atoms with Gasteiger partial charge < -0.3 is 4.90 Å². The fourth-order valence-electron chi connectivity index (χ4n) is 3.15.